The summed E-state index contributed by atoms with van der Waals surface area (Å²) in [5.41, 5.74) is 0.565. The summed E-state index contributed by atoms with van der Waals surface area (Å²) in [6, 6.07) is 5.49. The van der Waals surface area contributed by atoms with Gasteiger partial charge in [-0.3, -0.25) is 0 Å². The van der Waals surface area contributed by atoms with E-state index >= 15 is 0 Å². The normalized spacial score (nSPS) is 18.1. The van der Waals surface area contributed by atoms with Crippen LogP contribution in [0.1, 0.15) is 18.4 Å². The molecule has 0 heterocycles. The summed E-state index contributed by atoms with van der Waals surface area (Å²) in [7, 11) is 0. The van der Waals surface area contributed by atoms with Crippen LogP contribution in [0.4, 0.5) is 0 Å². The Balaban J connectivity index is 2.27. The third kappa shape index (κ3) is 1.88. The molecule has 0 radical (unpaired) electrons. The van der Waals surface area contributed by atoms with Gasteiger partial charge < -0.3 is 10.2 Å². The molecule has 0 atom stereocenters. The van der Waals surface area contributed by atoms with Gasteiger partial charge in [-0.1, -0.05) is 12.1 Å². The molecule has 0 amide bonds. The summed E-state index contributed by atoms with van der Waals surface area (Å²) in [5.74, 6) is 0.319. The van der Waals surface area contributed by atoms with Gasteiger partial charge in [0.2, 0.25) is 0 Å². The Bertz CT molecular complexity index is 345. The van der Waals surface area contributed by atoms with E-state index in [-0.39, 0.29) is 0 Å². The molecule has 0 unspecified atom stereocenters. The molecule has 1 saturated carbocycles. The first-order chi connectivity index (χ1) is 6.64. The van der Waals surface area contributed by atoms with Gasteiger partial charge in [0.1, 0.15) is 5.75 Å². The predicted molar refractivity (Wildman–Crippen MR) is 57.8 cm³/mol. The molecule has 0 aromatic heterocycles. The van der Waals surface area contributed by atoms with Crippen LogP contribution in [0.2, 0.25) is 0 Å². The van der Waals surface area contributed by atoms with Crippen molar-refractivity contribution >= 4 is 11.8 Å². The standard InChI is InChI=1S/C11H14O2S/c1-14-10-8(3-2-4-9(10)12)7-11(13)5-6-11/h2-4,12-13H,5-7H2,1H3. The monoisotopic (exact) mass is 210 g/mol. The zero-order valence-electron chi connectivity index (χ0n) is 8.16. The molecule has 1 aromatic carbocycles. The molecular weight excluding hydrogens is 196 g/mol. The average molecular weight is 210 g/mol. The minimum atomic E-state index is -0.488. The Labute approximate surface area is 88.0 Å². The topological polar surface area (TPSA) is 40.5 Å². The molecule has 76 valence electrons. The molecule has 0 saturated heterocycles. The number of benzene rings is 1. The fourth-order valence-electron chi connectivity index (χ4n) is 1.62. The van der Waals surface area contributed by atoms with E-state index in [9.17, 15) is 10.2 Å². The number of aliphatic hydroxyl groups is 1. The molecule has 2 rings (SSSR count). The number of hydrogen-bond acceptors (Lipinski definition) is 3. The van der Waals surface area contributed by atoms with E-state index in [0.29, 0.717) is 12.2 Å². The van der Waals surface area contributed by atoms with Crippen molar-refractivity contribution in [1.29, 1.82) is 0 Å². The Morgan fingerprint density at radius 2 is 2.14 bits per heavy atom. The lowest BCUT2D eigenvalue weighted by atomic mass is 10.1. The van der Waals surface area contributed by atoms with Crippen LogP contribution >= 0.6 is 11.8 Å². The number of phenolic OH excluding ortho intramolecular Hbond substituents is 1. The van der Waals surface area contributed by atoms with Crippen molar-refractivity contribution in [2.24, 2.45) is 0 Å². The van der Waals surface area contributed by atoms with E-state index in [1.54, 1.807) is 6.07 Å². The lowest BCUT2D eigenvalue weighted by molar-refractivity contribution is 0.150. The zero-order valence-corrected chi connectivity index (χ0v) is 8.97. The quantitative estimate of drug-likeness (QED) is 0.751. The maximum absolute atomic E-state index is 9.80. The molecule has 1 aromatic rings. The predicted octanol–water partition coefficient (Wildman–Crippen LogP) is 2.18. The summed E-state index contributed by atoms with van der Waals surface area (Å²) in [6.45, 7) is 0. The van der Waals surface area contributed by atoms with Crippen LogP contribution in [-0.2, 0) is 6.42 Å². The number of aromatic hydroxyl groups is 1. The Hall–Kier alpha value is -0.670. The van der Waals surface area contributed by atoms with Gasteiger partial charge in [0.15, 0.2) is 0 Å². The Morgan fingerprint density at radius 3 is 2.71 bits per heavy atom. The minimum Gasteiger partial charge on any atom is -0.507 e. The fraction of sp³-hybridized carbons (Fsp3) is 0.455. The molecule has 0 aliphatic heterocycles. The van der Waals surface area contributed by atoms with Crippen LogP contribution < -0.4 is 0 Å². The van der Waals surface area contributed by atoms with Gasteiger partial charge >= 0.3 is 0 Å². The zero-order chi connectivity index (χ0) is 10.2. The maximum Gasteiger partial charge on any atom is 0.129 e. The van der Waals surface area contributed by atoms with Crippen molar-refractivity contribution in [3.63, 3.8) is 0 Å². The lowest BCUT2D eigenvalue weighted by Gasteiger charge is -2.12. The van der Waals surface area contributed by atoms with Crippen LogP contribution in [0.15, 0.2) is 23.1 Å². The van der Waals surface area contributed by atoms with Crippen LogP contribution in [-0.4, -0.2) is 22.1 Å². The summed E-state index contributed by atoms with van der Waals surface area (Å²) in [6.07, 6.45) is 4.38. The van der Waals surface area contributed by atoms with Crippen molar-refractivity contribution in [2.45, 2.75) is 29.8 Å². The number of rotatable bonds is 3. The third-order valence-corrected chi connectivity index (χ3v) is 3.51. The molecule has 2 nitrogen and oxygen atoms in total. The highest BCUT2D eigenvalue weighted by Gasteiger charge is 2.40. The first-order valence-corrected chi connectivity index (χ1v) is 5.94. The van der Waals surface area contributed by atoms with Gasteiger partial charge in [-0.25, -0.2) is 0 Å². The number of hydrogen-bond donors (Lipinski definition) is 2. The van der Waals surface area contributed by atoms with Crippen molar-refractivity contribution in [3.05, 3.63) is 23.8 Å². The second-order valence-corrected chi connectivity index (χ2v) is 4.69. The van der Waals surface area contributed by atoms with Gasteiger partial charge in [0.25, 0.3) is 0 Å². The molecular formula is C11H14O2S. The molecule has 1 aliphatic carbocycles. The second kappa shape index (κ2) is 3.48. The molecule has 1 fully saturated rings. The summed E-state index contributed by atoms with van der Waals surface area (Å²) in [5, 5.41) is 19.4. The van der Waals surface area contributed by atoms with Crippen LogP contribution in [0, 0.1) is 0 Å². The van der Waals surface area contributed by atoms with E-state index in [2.05, 4.69) is 0 Å². The van der Waals surface area contributed by atoms with Crippen molar-refractivity contribution in [1.82, 2.24) is 0 Å². The molecule has 3 heteroatoms. The minimum absolute atomic E-state index is 0.319. The second-order valence-electron chi connectivity index (χ2n) is 3.87. The van der Waals surface area contributed by atoms with E-state index in [4.69, 9.17) is 0 Å². The van der Waals surface area contributed by atoms with E-state index in [1.807, 2.05) is 18.4 Å². The van der Waals surface area contributed by atoms with Crippen molar-refractivity contribution < 1.29 is 10.2 Å². The maximum atomic E-state index is 9.80. The van der Waals surface area contributed by atoms with Crippen LogP contribution in [0.25, 0.3) is 0 Å². The highest BCUT2D eigenvalue weighted by Crippen LogP contribution is 2.41. The molecule has 1 aliphatic rings. The summed E-state index contributed by atoms with van der Waals surface area (Å²) >= 11 is 1.53. The molecule has 2 N–H and O–H groups in total. The Morgan fingerprint density at radius 1 is 1.43 bits per heavy atom. The molecule has 0 bridgehead atoms. The summed E-state index contributed by atoms with van der Waals surface area (Å²) < 4.78 is 0. The molecule has 0 spiro atoms. The van der Waals surface area contributed by atoms with Gasteiger partial charge in [-0.05, 0) is 30.7 Å². The van der Waals surface area contributed by atoms with E-state index in [0.717, 1.165) is 23.3 Å². The first kappa shape index (κ1) is 9.87. The van der Waals surface area contributed by atoms with Crippen molar-refractivity contribution in [2.75, 3.05) is 6.26 Å². The lowest BCUT2D eigenvalue weighted by Crippen LogP contribution is -2.11. The van der Waals surface area contributed by atoms with E-state index < -0.39 is 5.60 Å². The van der Waals surface area contributed by atoms with Gasteiger partial charge in [0, 0.05) is 6.42 Å². The third-order valence-electron chi connectivity index (χ3n) is 2.63. The number of thioether (sulfide) groups is 1. The van der Waals surface area contributed by atoms with Gasteiger partial charge in [-0.2, -0.15) is 0 Å². The fourth-order valence-corrected chi connectivity index (χ4v) is 2.30. The first-order valence-electron chi connectivity index (χ1n) is 4.72. The number of phenols is 1. The van der Waals surface area contributed by atoms with Gasteiger partial charge in [0.05, 0.1) is 10.5 Å². The van der Waals surface area contributed by atoms with Gasteiger partial charge in [-0.15, -0.1) is 11.8 Å². The SMILES string of the molecule is CSc1c(O)cccc1CC1(O)CC1. The summed E-state index contributed by atoms with van der Waals surface area (Å²) in [4.78, 5) is 0.896. The average Bonchev–Trinajstić information content (AvgIpc) is 2.84. The largest absolute Gasteiger partial charge is 0.507 e. The van der Waals surface area contributed by atoms with Crippen molar-refractivity contribution in [3.8, 4) is 5.75 Å². The molecule has 14 heavy (non-hydrogen) atoms. The Kier molecular flexibility index (Phi) is 2.45. The van der Waals surface area contributed by atoms with E-state index in [1.165, 1.54) is 11.8 Å². The smallest absolute Gasteiger partial charge is 0.129 e. The van der Waals surface area contributed by atoms with Crippen LogP contribution in [0.5, 0.6) is 5.75 Å². The van der Waals surface area contributed by atoms with Crippen LogP contribution in [0.3, 0.4) is 0 Å². The highest BCUT2D eigenvalue weighted by atomic mass is 32.2. The highest BCUT2D eigenvalue weighted by molar-refractivity contribution is 7.98.